The molecule has 0 aromatic heterocycles. The molecular formula is C29H48O3Si. The molecule has 0 amide bonds. The second-order valence-electron chi connectivity index (χ2n) is 14.4. The minimum absolute atomic E-state index is 0.0372. The Morgan fingerprint density at radius 3 is 2.39 bits per heavy atom. The highest BCUT2D eigenvalue weighted by Crippen LogP contribution is 2.67. The first kappa shape index (κ1) is 24.1. The summed E-state index contributed by atoms with van der Waals surface area (Å²) in [6, 6.07) is 0. The van der Waals surface area contributed by atoms with E-state index in [-0.39, 0.29) is 11.0 Å². The molecule has 4 fully saturated rings. The number of carbonyl (C=O) groups excluding carboxylic acids is 1. The van der Waals surface area contributed by atoms with Crippen LogP contribution >= 0.6 is 0 Å². The smallest absolute Gasteiger partial charge is 0.306 e. The van der Waals surface area contributed by atoms with Crippen molar-refractivity contribution in [1.29, 1.82) is 0 Å². The molecule has 1 aliphatic heterocycles. The number of ether oxygens (including phenoxy) is 1. The predicted octanol–water partition coefficient (Wildman–Crippen LogP) is 7.52. The van der Waals surface area contributed by atoms with E-state index in [1.807, 2.05) is 0 Å². The summed E-state index contributed by atoms with van der Waals surface area (Å²) in [7, 11) is -1.72. The van der Waals surface area contributed by atoms with Gasteiger partial charge in [0.25, 0.3) is 0 Å². The van der Waals surface area contributed by atoms with E-state index in [1.54, 1.807) is 5.57 Å². The minimum Gasteiger partial charge on any atom is -0.465 e. The molecule has 0 aromatic rings. The van der Waals surface area contributed by atoms with Crippen molar-refractivity contribution in [3.8, 4) is 0 Å². The van der Waals surface area contributed by atoms with Crippen molar-refractivity contribution in [1.82, 2.24) is 0 Å². The van der Waals surface area contributed by atoms with E-state index in [4.69, 9.17) is 9.16 Å². The monoisotopic (exact) mass is 472 g/mol. The Bertz CT molecular complexity index is 825. The average molecular weight is 473 g/mol. The molecule has 5 rings (SSSR count). The third-order valence-electron chi connectivity index (χ3n) is 11.9. The lowest BCUT2D eigenvalue weighted by atomic mass is 9.47. The second kappa shape index (κ2) is 7.95. The summed E-state index contributed by atoms with van der Waals surface area (Å²) in [4.78, 5) is 11.8. The van der Waals surface area contributed by atoms with Gasteiger partial charge in [0.2, 0.25) is 0 Å². The van der Waals surface area contributed by atoms with Crippen molar-refractivity contribution >= 4 is 14.3 Å². The molecule has 4 aliphatic carbocycles. The van der Waals surface area contributed by atoms with Crippen LogP contribution in [0.5, 0.6) is 0 Å². The summed E-state index contributed by atoms with van der Waals surface area (Å²) in [6.45, 7) is 17.8. The van der Waals surface area contributed by atoms with Gasteiger partial charge in [-0.2, -0.15) is 0 Å². The maximum Gasteiger partial charge on any atom is 0.306 e. The summed E-state index contributed by atoms with van der Waals surface area (Å²) in [5, 5.41) is 0.279. The fourth-order valence-corrected chi connectivity index (χ4v) is 10.3. The summed E-state index contributed by atoms with van der Waals surface area (Å²) in [5.74, 6) is 3.69. The average Bonchev–Trinajstić information content (AvgIpc) is 3.29. The zero-order valence-electron chi connectivity index (χ0n) is 22.3. The molecule has 186 valence electrons. The van der Waals surface area contributed by atoms with Crippen LogP contribution in [0.1, 0.15) is 92.4 Å². The predicted molar refractivity (Wildman–Crippen MR) is 136 cm³/mol. The first-order valence-electron chi connectivity index (χ1n) is 13.9. The molecule has 0 N–H and O–H groups in total. The molecule has 33 heavy (non-hydrogen) atoms. The van der Waals surface area contributed by atoms with Crippen LogP contribution in [0.2, 0.25) is 18.1 Å². The van der Waals surface area contributed by atoms with Gasteiger partial charge in [-0.15, -0.1) is 0 Å². The molecule has 4 heteroatoms. The first-order valence-corrected chi connectivity index (χ1v) is 16.8. The van der Waals surface area contributed by atoms with Gasteiger partial charge in [-0.25, -0.2) is 0 Å². The summed E-state index contributed by atoms with van der Waals surface area (Å²) in [5.41, 5.74) is 2.51. The number of fused-ring (bicyclic) bond motifs is 5. The summed E-state index contributed by atoms with van der Waals surface area (Å²) >= 11 is 0. The van der Waals surface area contributed by atoms with Gasteiger partial charge in [0.05, 0.1) is 13.0 Å². The van der Waals surface area contributed by atoms with E-state index in [2.05, 4.69) is 53.8 Å². The molecule has 0 spiro atoms. The Labute approximate surface area is 203 Å². The normalized spacial score (nSPS) is 45.7. The van der Waals surface area contributed by atoms with Gasteiger partial charge in [0.1, 0.15) is 0 Å². The lowest BCUT2D eigenvalue weighted by molar-refractivity contribution is -0.137. The van der Waals surface area contributed by atoms with Gasteiger partial charge in [0.15, 0.2) is 8.32 Å². The summed E-state index contributed by atoms with van der Waals surface area (Å²) < 4.78 is 12.3. The molecule has 0 radical (unpaired) electrons. The quantitative estimate of drug-likeness (QED) is 0.242. The largest absolute Gasteiger partial charge is 0.465 e. The van der Waals surface area contributed by atoms with Crippen LogP contribution < -0.4 is 0 Å². The number of esters is 1. The lowest BCUT2D eigenvalue weighted by Gasteiger charge is -2.58. The van der Waals surface area contributed by atoms with Crippen LogP contribution in [0.3, 0.4) is 0 Å². The van der Waals surface area contributed by atoms with E-state index >= 15 is 0 Å². The number of cyclic esters (lactones) is 1. The Kier molecular flexibility index (Phi) is 5.80. The zero-order valence-corrected chi connectivity index (χ0v) is 23.3. The van der Waals surface area contributed by atoms with Crippen molar-refractivity contribution in [2.75, 3.05) is 6.61 Å². The third-order valence-corrected chi connectivity index (χ3v) is 16.4. The molecule has 3 nitrogen and oxygen atoms in total. The number of carbonyl (C=O) groups is 1. The standard InChI is InChI=1S/C29H48O3Si/c1-27(2,3)33(6,7)32-21-12-14-28(4)20(17-21)8-9-22-24-11-10-23(19-16-26(30)31-18-19)29(24,5)15-13-25(22)28/h8,19,21-25H,9-18H2,1-7H3/t19?,21-,22-,23?,24-,25-,28-,29+/m0/s1. The molecule has 0 aromatic carbocycles. The van der Waals surface area contributed by atoms with Crippen molar-refractivity contribution in [2.45, 2.75) is 117 Å². The fourth-order valence-electron chi connectivity index (χ4n) is 8.93. The second-order valence-corrected chi connectivity index (χ2v) is 19.1. The fraction of sp³-hybridized carbons (Fsp3) is 0.897. The highest BCUT2D eigenvalue weighted by Gasteiger charge is 2.60. The van der Waals surface area contributed by atoms with E-state index in [9.17, 15) is 4.79 Å². The topological polar surface area (TPSA) is 35.5 Å². The minimum atomic E-state index is -1.72. The van der Waals surface area contributed by atoms with Crippen LogP contribution in [-0.2, 0) is 14.0 Å². The van der Waals surface area contributed by atoms with E-state index in [0.29, 0.717) is 41.8 Å². The van der Waals surface area contributed by atoms with Crippen LogP contribution in [0, 0.1) is 40.4 Å². The Morgan fingerprint density at radius 2 is 1.73 bits per heavy atom. The van der Waals surface area contributed by atoms with Crippen LogP contribution in [0.15, 0.2) is 11.6 Å². The zero-order chi connectivity index (χ0) is 23.8. The van der Waals surface area contributed by atoms with Crippen LogP contribution in [0.4, 0.5) is 0 Å². The molecule has 0 bridgehead atoms. The van der Waals surface area contributed by atoms with E-state index < -0.39 is 8.32 Å². The van der Waals surface area contributed by atoms with Gasteiger partial charge in [0, 0.05) is 12.0 Å². The third kappa shape index (κ3) is 3.81. The van der Waals surface area contributed by atoms with Crippen molar-refractivity contribution < 1.29 is 14.0 Å². The summed E-state index contributed by atoms with van der Waals surface area (Å²) in [6.07, 6.45) is 14.1. The van der Waals surface area contributed by atoms with Gasteiger partial charge < -0.3 is 9.16 Å². The highest BCUT2D eigenvalue weighted by atomic mass is 28.4. The highest BCUT2D eigenvalue weighted by molar-refractivity contribution is 6.74. The van der Waals surface area contributed by atoms with Crippen LogP contribution in [0.25, 0.3) is 0 Å². The number of rotatable bonds is 3. The van der Waals surface area contributed by atoms with Crippen molar-refractivity contribution in [3.05, 3.63) is 11.6 Å². The van der Waals surface area contributed by atoms with E-state index in [1.165, 1.54) is 44.9 Å². The van der Waals surface area contributed by atoms with Gasteiger partial charge >= 0.3 is 5.97 Å². The SMILES string of the molecule is CC(C)(C)[Si](C)(C)O[C@H]1CC[C@@]2(C)C(=CC[C@@H]3[C@@H]2CC[C@]2(C)C(C4COC(=O)C4)CC[C@@H]32)C1. The van der Waals surface area contributed by atoms with Crippen molar-refractivity contribution in [3.63, 3.8) is 0 Å². The Morgan fingerprint density at radius 1 is 1.00 bits per heavy atom. The molecule has 3 saturated carbocycles. The Balaban J connectivity index is 1.32. The van der Waals surface area contributed by atoms with Gasteiger partial charge in [-0.05, 0) is 104 Å². The maximum atomic E-state index is 11.8. The Hall–Kier alpha value is -0.613. The first-order chi connectivity index (χ1) is 15.3. The number of hydrogen-bond donors (Lipinski definition) is 0. The molecule has 5 aliphatic rings. The molecule has 2 unspecified atom stereocenters. The molecule has 1 saturated heterocycles. The molecule has 8 atom stereocenters. The van der Waals surface area contributed by atoms with Gasteiger partial charge in [-0.3, -0.25) is 4.79 Å². The van der Waals surface area contributed by atoms with Crippen LogP contribution in [-0.4, -0.2) is 27.0 Å². The molecular weight excluding hydrogens is 424 g/mol. The molecule has 1 heterocycles. The number of hydrogen-bond acceptors (Lipinski definition) is 3. The van der Waals surface area contributed by atoms with Crippen molar-refractivity contribution in [2.24, 2.45) is 40.4 Å². The van der Waals surface area contributed by atoms with E-state index in [0.717, 1.165) is 24.2 Å². The maximum absolute atomic E-state index is 11.8. The number of allylic oxidation sites excluding steroid dienone is 1. The van der Waals surface area contributed by atoms with Gasteiger partial charge in [-0.1, -0.05) is 46.3 Å². The lowest BCUT2D eigenvalue weighted by Crippen LogP contribution is -2.52.